The Balaban J connectivity index is 2.31. The summed E-state index contributed by atoms with van der Waals surface area (Å²) in [4.78, 5) is 13.7. The van der Waals surface area contributed by atoms with Crippen LogP contribution in [0.1, 0.15) is 46.0 Å². The van der Waals surface area contributed by atoms with Crippen LogP contribution in [0.4, 0.5) is 0 Å². The van der Waals surface area contributed by atoms with E-state index in [0.717, 1.165) is 25.7 Å². The van der Waals surface area contributed by atoms with Crippen LogP contribution < -0.4 is 0 Å². The highest BCUT2D eigenvalue weighted by molar-refractivity contribution is 6.01. The number of amides is 1. The van der Waals surface area contributed by atoms with Gasteiger partial charge in [0.1, 0.15) is 11.6 Å². The summed E-state index contributed by atoms with van der Waals surface area (Å²) in [7, 11) is 0. The van der Waals surface area contributed by atoms with Gasteiger partial charge in [-0.3, -0.25) is 4.79 Å². The van der Waals surface area contributed by atoms with Gasteiger partial charge < -0.3 is 10.0 Å². The van der Waals surface area contributed by atoms with Crippen LogP contribution in [0.3, 0.4) is 0 Å². The van der Waals surface area contributed by atoms with Crippen molar-refractivity contribution in [3.05, 3.63) is 11.1 Å². The number of rotatable bonds is 1. The summed E-state index contributed by atoms with van der Waals surface area (Å²) in [6, 6.07) is 1.99. The minimum atomic E-state index is -1.29. The Morgan fingerprint density at radius 3 is 2.47 bits per heavy atom. The smallest absolute Gasteiger partial charge is 0.267 e. The lowest BCUT2D eigenvalue weighted by Gasteiger charge is -2.40. The van der Waals surface area contributed by atoms with Crippen LogP contribution in [0.25, 0.3) is 0 Å². The van der Waals surface area contributed by atoms with Crippen LogP contribution in [-0.2, 0) is 4.79 Å². The third kappa shape index (κ3) is 1.75. The van der Waals surface area contributed by atoms with Gasteiger partial charge >= 0.3 is 0 Å². The Labute approximate surface area is 102 Å². The number of carbonyl (C=O) groups is 1. The van der Waals surface area contributed by atoms with E-state index in [2.05, 4.69) is 0 Å². The van der Waals surface area contributed by atoms with E-state index in [4.69, 9.17) is 5.26 Å². The fourth-order valence-corrected chi connectivity index (χ4v) is 2.89. The Morgan fingerprint density at radius 2 is 2.00 bits per heavy atom. The van der Waals surface area contributed by atoms with Crippen molar-refractivity contribution in [1.29, 1.82) is 5.26 Å². The predicted molar refractivity (Wildman–Crippen MR) is 62.7 cm³/mol. The Morgan fingerprint density at radius 1 is 1.41 bits per heavy atom. The maximum atomic E-state index is 12.1. The molecule has 1 unspecified atom stereocenters. The van der Waals surface area contributed by atoms with Crippen molar-refractivity contribution in [2.24, 2.45) is 0 Å². The molecule has 0 aromatic carbocycles. The summed E-state index contributed by atoms with van der Waals surface area (Å²) in [5, 5.41) is 19.4. The number of nitriles is 1. The molecule has 0 aromatic rings. The molecule has 2 rings (SSSR count). The zero-order valence-electron chi connectivity index (χ0n) is 10.4. The largest absolute Gasteiger partial charge is 0.367 e. The fraction of sp³-hybridized carbons (Fsp3) is 0.692. The van der Waals surface area contributed by atoms with Crippen molar-refractivity contribution in [2.45, 2.75) is 57.7 Å². The average Bonchev–Trinajstić information content (AvgIpc) is 2.47. The maximum Gasteiger partial charge on any atom is 0.267 e. The molecule has 1 fully saturated rings. The van der Waals surface area contributed by atoms with E-state index in [9.17, 15) is 9.90 Å². The number of carbonyl (C=O) groups excluding carboxylic acids is 1. The van der Waals surface area contributed by atoms with Crippen LogP contribution in [0.2, 0.25) is 0 Å². The third-order valence-electron chi connectivity index (χ3n) is 4.04. The van der Waals surface area contributed by atoms with E-state index in [0.29, 0.717) is 5.57 Å². The highest BCUT2D eigenvalue weighted by atomic mass is 16.3. The minimum absolute atomic E-state index is 0.0760. The van der Waals surface area contributed by atoms with E-state index in [-0.39, 0.29) is 17.5 Å². The van der Waals surface area contributed by atoms with E-state index >= 15 is 0 Å². The molecule has 0 bridgehead atoms. The summed E-state index contributed by atoms with van der Waals surface area (Å²) in [6.45, 7) is 3.28. The normalized spacial score (nSPS) is 30.9. The van der Waals surface area contributed by atoms with Gasteiger partial charge in [-0.25, -0.2) is 0 Å². The summed E-state index contributed by atoms with van der Waals surface area (Å²) >= 11 is 0. The Hall–Kier alpha value is -1.34. The summed E-state index contributed by atoms with van der Waals surface area (Å²) < 4.78 is 0. The van der Waals surface area contributed by atoms with Crippen LogP contribution in [0, 0.1) is 11.3 Å². The van der Waals surface area contributed by atoms with E-state index < -0.39 is 5.72 Å². The highest BCUT2D eigenvalue weighted by Crippen LogP contribution is 2.38. The standard InChI is InChI=1S/C13H18N2O2/c1-9-11(8-14)12(16)15(13(9,2)17)10-6-4-3-5-7-10/h10,17H,3-7H2,1-2H3. The zero-order valence-corrected chi connectivity index (χ0v) is 10.4. The molecule has 0 saturated heterocycles. The van der Waals surface area contributed by atoms with Gasteiger partial charge in [0.25, 0.3) is 5.91 Å². The van der Waals surface area contributed by atoms with Crippen LogP contribution in [0.15, 0.2) is 11.1 Å². The Kier molecular flexibility index (Phi) is 2.96. The molecule has 1 saturated carbocycles. The van der Waals surface area contributed by atoms with Gasteiger partial charge in [0.15, 0.2) is 5.72 Å². The van der Waals surface area contributed by atoms with Gasteiger partial charge in [0.2, 0.25) is 0 Å². The molecule has 92 valence electrons. The van der Waals surface area contributed by atoms with Gasteiger partial charge in [-0.05, 0) is 26.7 Å². The number of aliphatic hydroxyl groups is 1. The van der Waals surface area contributed by atoms with E-state index in [1.165, 1.54) is 11.3 Å². The summed E-state index contributed by atoms with van der Waals surface area (Å²) in [5.41, 5.74) is -0.694. The lowest BCUT2D eigenvalue weighted by Crippen LogP contribution is -2.52. The van der Waals surface area contributed by atoms with Gasteiger partial charge in [-0.1, -0.05) is 19.3 Å². The Bertz CT molecular complexity index is 412. The molecule has 0 spiro atoms. The van der Waals surface area contributed by atoms with Crippen molar-refractivity contribution in [3.63, 3.8) is 0 Å². The molecule has 4 nitrogen and oxygen atoms in total. The SMILES string of the molecule is CC1=C(C#N)C(=O)N(C2CCCCC2)C1(C)O. The van der Waals surface area contributed by atoms with E-state index in [1.54, 1.807) is 13.8 Å². The van der Waals surface area contributed by atoms with Crippen molar-refractivity contribution < 1.29 is 9.90 Å². The van der Waals surface area contributed by atoms with Gasteiger partial charge in [-0.2, -0.15) is 5.26 Å². The fourth-order valence-electron chi connectivity index (χ4n) is 2.89. The number of hydrogen-bond acceptors (Lipinski definition) is 3. The molecule has 1 atom stereocenters. The monoisotopic (exact) mass is 234 g/mol. The quantitative estimate of drug-likeness (QED) is 0.751. The molecule has 1 aliphatic heterocycles. The molecule has 1 N–H and O–H groups in total. The lowest BCUT2D eigenvalue weighted by atomic mass is 9.92. The van der Waals surface area contributed by atoms with E-state index in [1.807, 2.05) is 6.07 Å². The van der Waals surface area contributed by atoms with Gasteiger partial charge in [-0.15, -0.1) is 0 Å². The first-order valence-corrected chi connectivity index (χ1v) is 6.17. The number of nitrogens with zero attached hydrogens (tertiary/aromatic N) is 2. The average molecular weight is 234 g/mol. The first-order valence-electron chi connectivity index (χ1n) is 6.17. The van der Waals surface area contributed by atoms with Gasteiger partial charge in [0, 0.05) is 11.6 Å². The topological polar surface area (TPSA) is 64.3 Å². The first kappa shape index (κ1) is 12.1. The summed E-state index contributed by atoms with van der Waals surface area (Å²) in [6.07, 6.45) is 5.22. The first-order chi connectivity index (χ1) is 8.00. The molecule has 1 aliphatic carbocycles. The molecule has 1 heterocycles. The highest BCUT2D eigenvalue weighted by Gasteiger charge is 2.48. The molecular formula is C13H18N2O2. The molecule has 0 aromatic heterocycles. The van der Waals surface area contributed by atoms with Crippen molar-refractivity contribution in [3.8, 4) is 6.07 Å². The maximum absolute atomic E-state index is 12.1. The molecule has 17 heavy (non-hydrogen) atoms. The number of hydrogen-bond donors (Lipinski definition) is 1. The molecule has 1 amide bonds. The van der Waals surface area contributed by atoms with Crippen LogP contribution in [0.5, 0.6) is 0 Å². The van der Waals surface area contributed by atoms with Crippen molar-refractivity contribution in [2.75, 3.05) is 0 Å². The van der Waals surface area contributed by atoms with Gasteiger partial charge in [0.05, 0.1) is 0 Å². The predicted octanol–water partition coefficient (Wildman–Crippen LogP) is 1.71. The lowest BCUT2D eigenvalue weighted by molar-refractivity contribution is -0.147. The van der Waals surface area contributed by atoms with Crippen LogP contribution >= 0.6 is 0 Å². The van der Waals surface area contributed by atoms with Crippen LogP contribution in [-0.4, -0.2) is 27.7 Å². The minimum Gasteiger partial charge on any atom is -0.367 e. The molecule has 4 heteroatoms. The second kappa shape index (κ2) is 4.15. The van der Waals surface area contributed by atoms with Crippen molar-refractivity contribution >= 4 is 5.91 Å². The van der Waals surface area contributed by atoms with Crippen molar-refractivity contribution in [1.82, 2.24) is 4.90 Å². The second-order valence-electron chi connectivity index (χ2n) is 5.10. The molecule has 0 radical (unpaired) electrons. The third-order valence-corrected chi connectivity index (χ3v) is 4.04. The molecule has 2 aliphatic rings. The second-order valence-corrected chi connectivity index (χ2v) is 5.10. The molecular weight excluding hydrogens is 216 g/mol. The summed E-state index contributed by atoms with van der Waals surface area (Å²) in [5.74, 6) is -0.304. The zero-order chi connectivity index (χ0) is 12.6.